The summed E-state index contributed by atoms with van der Waals surface area (Å²) in [6.45, 7) is 1.12. The van der Waals surface area contributed by atoms with Gasteiger partial charge in [0.25, 0.3) is 5.91 Å². The highest BCUT2D eigenvalue weighted by Crippen LogP contribution is 2.08. The summed E-state index contributed by atoms with van der Waals surface area (Å²) in [4.78, 5) is 16.0. The molecule has 0 aliphatic carbocycles. The lowest BCUT2D eigenvalue weighted by molar-refractivity contribution is 0.0950. The standard InChI is InChI=1S/C18H16FN3O/c19-17-6-2-5-16(10-17)18(23)21-11-14-3-1-4-15(9-14)12-22-8-7-20-13-22/h1-10,13H,11-12H2,(H,21,23). The fourth-order valence-electron chi connectivity index (χ4n) is 2.34. The van der Waals surface area contributed by atoms with Crippen LogP contribution in [0, 0.1) is 5.82 Å². The van der Waals surface area contributed by atoms with Crippen LogP contribution >= 0.6 is 0 Å². The van der Waals surface area contributed by atoms with E-state index >= 15 is 0 Å². The van der Waals surface area contributed by atoms with Crippen molar-refractivity contribution in [3.05, 3.63) is 89.8 Å². The summed E-state index contributed by atoms with van der Waals surface area (Å²) in [6.07, 6.45) is 5.40. The van der Waals surface area contributed by atoms with Crippen molar-refractivity contribution in [1.29, 1.82) is 0 Å². The van der Waals surface area contributed by atoms with Gasteiger partial charge in [0, 0.05) is 31.0 Å². The summed E-state index contributed by atoms with van der Waals surface area (Å²) in [5.41, 5.74) is 2.44. The maximum absolute atomic E-state index is 13.1. The number of carbonyl (C=O) groups excluding carboxylic acids is 1. The van der Waals surface area contributed by atoms with Crippen molar-refractivity contribution < 1.29 is 9.18 Å². The Bertz CT molecular complexity index is 800. The molecule has 4 nitrogen and oxygen atoms in total. The van der Waals surface area contributed by atoms with E-state index in [1.54, 1.807) is 18.6 Å². The summed E-state index contributed by atoms with van der Waals surface area (Å²) in [5, 5.41) is 2.80. The minimum Gasteiger partial charge on any atom is -0.348 e. The lowest BCUT2D eigenvalue weighted by atomic mass is 10.1. The molecule has 3 rings (SSSR count). The Morgan fingerprint density at radius 3 is 2.74 bits per heavy atom. The summed E-state index contributed by atoms with van der Waals surface area (Å²) in [7, 11) is 0. The molecule has 0 aliphatic rings. The van der Waals surface area contributed by atoms with Crippen LogP contribution in [0.4, 0.5) is 4.39 Å². The largest absolute Gasteiger partial charge is 0.348 e. The molecular formula is C18H16FN3O. The molecule has 2 aromatic carbocycles. The molecule has 116 valence electrons. The Hall–Kier alpha value is -2.95. The average molecular weight is 309 g/mol. The van der Waals surface area contributed by atoms with Crippen molar-refractivity contribution in [2.75, 3.05) is 0 Å². The molecule has 0 spiro atoms. The van der Waals surface area contributed by atoms with Crippen molar-refractivity contribution in [3.63, 3.8) is 0 Å². The molecule has 0 saturated heterocycles. The van der Waals surface area contributed by atoms with Crippen LogP contribution in [0.15, 0.2) is 67.3 Å². The van der Waals surface area contributed by atoms with Crippen LogP contribution in [0.2, 0.25) is 0 Å². The lowest BCUT2D eigenvalue weighted by Crippen LogP contribution is -2.22. The Kier molecular flexibility index (Phi) is 4.47. The summed E-state index contributed by atoms with van der Waals surface area (Å²) >= 11 is 0. The molecule has 5 heteroatoms. The van der Waals surface area contributed by atoms with Gasteiger partial charge >= 0.3 is 0 Å². The number of rotatable bonds is 5. The number of hydrogen-bond acceptors (Lipinski definition) is 2. The van der Waals surface area contributed by atoms with Gasteiger partial charge in [0.2, 0.25) is 0 Å². The molecule has 1 aromatic heterocycles. The van der Waals surface area contributed by atoms with Gasteiger partial charge in [-0.25, -0.2) is 9.37 Å². The van der Waals surface area contributed by atoms with E-state index in [2.05, 4.69) is 10.3 Å². The van der Waals surface area contributed by atoms with Gasteiger partial charge in [-0.15, -0.1) is 0 Å². The Morgan fingerprint density at radius 1 is 1.13 bits per heavy atom. The first kappa shape index (κ1) is 15.0. The van der Waals surface area contributed by atoms with Gasteiger partial charge in [0.1, 0.15) is 5.82 Å². The van der Waals surface area contributed by atoms with Crippen molar-refractivity contribution in [2.45, 2.75) is 13.1 Å². The normalized spacial score (nSPS) is 10.5. The first-order valence-electron chi connectivity index (χ1n) is 7.28. The minimum absolute atomic E-state index is 0.287. The number of aromatic nitrogens is 2. The van der Waals surface area contributed by atoms with E-state index in [-0.39, 0.29) is 5.91 Å². The summed E-state index contributed by atoms with van der Waals surface area (Å²) in [6, 6.07) is 13.6. The van der Waals surface area contributed by atoms with Crippen molar-refractivity contribution in [1.82, 2.24) is 14.9 Å². The molecule has 1 N–H and O–H groups in total. The summed E-state index contributed by atoms with van der Waals surface area (Å²) in [5.74, 6) is -0.704. The van der Waals surface area contributed by atoms with E-state index in [9.17, 15) is 9.18 Å². The molecule has 1 amide bonds. The smallest absolute Gasteiger partial charge is 0.251 e. The Balaban J connectivity index is 1.63. The van der Waals surface area contributed by atoms with E-state index in [4.69, 9.17) is 0 Å². The predicted molar refractivity (Wildman–Crippen MR) is 85.3 cm³/mol. The van der Waals surface area contributed by atoms with Crippen LogP contribution in [-0.4, -0.2) is 15.5 Å². The molecule has 23 heavy (non-hydrogen) atoms. The molecule has 3 aromatic rings. The van der Waals surface area contributed by atoms with Crippen molar-refractivity contribution >= 4 is 5.91 Å². The molecule has 0 radical (unpaired) electrons. The molecular weight excluding hydrogens is 293 g/mol. The highest BCUT2D eigenvalue weighted by Gasteiger charge is 2.06. The number of amides is 1. The predicted octanol–water partition coefficient (Wildman–Crippen LogP) is 3.00. The van der Waals surface area contributed by atoms with Gasteiger partial charge < -0.3 is 9.88 Å². The zero-order valence-electron chi connectivity index (χ0n) is 12.4. The van der Waals surface area contributed by atoms with E-state index in [0.717, 1.165) is 17.7 Å². The molecule has 0 unspecified atom stereocenters. The number of nitrogens with zero attached hydrogens (tertiary/aromatic N) is 2. The second-order valence-corrected chi connectivity index (χ2v) is 5.25. The zero-order valence-corrected chi connectivity index (χ0v) is 12.4. The SMILES string of the molecule is O=C(NCc1cccc(Cn2ccnc2)c1)c1cccc(F)c1. The van der Waals surface area contributed by atoms with Crippen LogP contribution in [0.25, 0.3) is 0 Å². The highest BCUT2D eigenvalue weighted by molar-refractivity contribution is 5.94. The number of imidazole rings is 1. The third-order valence-electron chi connectivity index (χ3n) is 3.46. The second kappa shape index (κ2) is 6.87. The molecule has 1 heterocycles. The van der Waals surface area contributed by atoms with Crippen molar-refractivity contribution in [2.24, 2.45) is 0 Å². The number of hydrogen-bond donors (Lipinski definition) is 1. The average Bonchev–Trinajstić information content (AvgIpc) is 3.06. The van der Waals surface area contributed by atoms with Gasteiger partial charge in [-0.1, -0.05) is 30.3 Å². The monoisotopic (exact) mass is 309 g/mol. The maximum Gasteiger partial charge on any atom is 0.251 e. The fraction of sp³-hybridized carbons (Fsp3) is 0.111. The van der Waals surface area contributed by atoms with Gasteiger partial charge in [-0.3, -0.25) is 4.79 Å². The quantitative estimate of drug-likeness (QED) is 0.787. The summed E-state index contributed by atoms with van der Waals surface area (Å²) < 4.78 is 15.1. The molecule has 0 atom stereocenters. The third-order valence-corrected chi connectivity index (χ3v) is 3.46. The first-order chi connectivity index (χ1) is 11.2. The molecule has 0 bridgehead atoms. The van der Waals surface area contributed by atoms with Gasteiger partial charge in [-0.2, -0.15) is 0 Å². The number of carbonyl (C=O) groups is 1. The maximum atomic E-state index is 13.1. The van der Waals surface area contributed by atoms with Gasteiger partial charge in [0.15, 0.2) is 0 Å². The number of nitrogens with one attached hydrogen (secondary N) is 1. The van der Waals surface area contributed by atoms with Crippen LogP contribution < -0.4 is 5.32 Å². The topological polar surface area (TPSA) is 46.9 Å². The van der Waals surface area contributed by atoms with Crippen molar-refractivity contribution in [3.8, 4) is 0 Å². The fourth-order valence-corrected chi connectivity index (χ4v) is 2.34. The first-order valence-corrected chi connectivity index (χ1v) is 7.28. The van der Waals surface area contributed by atoms with E-state index in [1.165, 1.54) is 18.2 Å². The minimum atomic E-state index is -0.417. The van der Waals surface area contributed by atoms with Crippen LogP contribution in [0.3, 0.4) is 0 Å². The Labute approximate surface area is 133 Å². The van der Waals surface area contributed by atoms with E-state index < -0.39 is 5.82 Å². The van der Waals surface area contributed by atoms with Gasteiger partial charge in [-0.05, 0) is 29.3 Å². The molecule has 0 saturated carbocycles. The lowest BCUT2D eigenvalue weighted by Gasteiger charge is -2.08. The highest BCUT2D eigenvalue weighted by atomic mass is 19.1. The van der Waals surface area contributed by atoms with Crippen LogP contribution in [-0.2, 0) is 13.1 Å². The molecule has 0 fully saturated rings. The van der Waals surface area contributed by atoms with Crippen LogP contribution in [0.5, 0.6) is 0 Å². The number of benzene rings is 2. The number of halogens is 1. The zero-order chi connectivity index (χ0) is 16.1. The van der Waals surface area contributed by atoms with E-state index in [0.29, 0.717) is 12.1 Å². The second-order valence-electron chi connectivity index (χ2n) is 5.25. The van der Waals surface area contributed by atoms with E-state index in [1.807, 2.05) is 35.0 Å². The van der Waals surface area contributed by atoms with Gasteiger partial charge in [0.05, 0.1) is 6.33 Å². The third kappa shape index (κ3) is 4.03. The van der Waals surface area contributed by atoms with Crippen LogP contribution in [0.1, 0.15) is 21.5 Å². The Morgan fingerprint density at radius 2 is 1.96 bits per heavy atom. The molecule has 0 aliphatic heterocycles.